The first-order valence-corrected chi connectivity index (χ1v) is 9.66. The van der Waals surface area contributed by atoms with Gasteiger partial charge in [-0.2, -0.15) is 0 Å². The molecule has 9 heteroatoms. The van der Waals surface area contributed by atoms with Gasteiger partial charge >= 0.3 is 0 Å². The quantitative estimate of drug-likeness (QED) is 0.793. The van der Waals surface area contributed by atoms with E-state index in [9.17, 15) is 9.59 Å². The summed E-state index contributed by atoms with van der Waals surface area (Å²) in [7, 11) is 1.98. The number of amides is 2. The van der Waals surface area contributed by atoms with Gasteiger partial charge in [-0.15, -0.1) is 0 Å². The number of hydrogen-bond donors (Lipinski definition) is 1. The summed E-state index contributed by atoms with van der Waals surface area (Å²) in [5.74, 6) is 1.30. The summed E-state index contributed by atoms with van der Waals surface area (Å²) < 4.78 is 7.20. The lowest BCUT2D eigenvalue weighted by atomic mass is 10.1. The number of furan rings is 1. The van der Waals surface area contributed by atoms with Gasteiger partial charge < -0.3 is 24.1 Å². The maximum atomic E-state index is 12.9. The smallest absolute Gasteiger partial charge is 0.289 e. The third kappa shape index (κ3) is 3.81. The largest absolute Gasteiger partial charge is 0.459 e. The molecule has 2 aromatic heterocycles. The van der Waals surface area contributed by atoms with Crippen LogP contribution in [0.5, 0.6) is 0 Å². The van der Waals surface area contributed by atoms with E-state index in [1.807, 2.05) is 22.7 Å². The summed E-state index contributed by atoms with van der Waals surface area (Å²) >= 11 is 0. The van der Waals surface area contributed by atoms with E-state index in [0.717, 1.165) is 25.5 Å². The van der Waals surface area contributed by atoms with Crippen molar-refractivity contribution in [1.29, 1.82) is 0 Å². The average molecular weight is 386 g/mol. The minimum Gasteiger partial charge on any atom is -0.459 e. The average Bonchev–Trinajstić information content (AvgIpc) is 3.40. The molecule has 1 atom stereocenters. The number of carbonyl (C=O) groups is 2. The first-order chi connectivity index (χ1) is 13.6. The molecule has 4 heterocycles. The Kier molecular flexibility index (Phi) is 5.45. The third-order valence-corrected chi connectivity index (χ3v) is 5.50. The van der Waals surface area contributed by atoms with E-state index in [-0.39, 0.29) is 17.9 Å². The maximum Gasteiger partial charge on any atom is 0.289 e. The molecule has 0 aliphatic carbocycles. The number of nitrogens with one attached hydrogen (secondary N) is 1. The first kappa shape index (κ1) is 18.7. The molecule has 0 spiro atoms. The molecule has 1 unspecified atom stereocenters. The van der Waals surface area contributed by atoms with Gasteiger partial charge in [0.15, 0.2) is 5.76 Å². The molecule has 2 aliphatic rings. The highest BCUT2D eigenvalue weighted by Gasteiger charge is 2.31. The van der Waals surface area contributed by atoms with Crippen molar-refractivity contribution in [2.45, 2.75) is 6.04 Å². The highest BCUT2D eigenvalue weighted by Crippen LogP contribution is 2.20. The lowest BCUT2D eigenvalue weighted by Gasteiger charge is -2.38. The number of hydrogen-bond acceptors (Lipinski definition) is 6. The van der Waals surface area contributed by atoms with Crippen molar-refractivity contribution in [2.75, 3.05) is 52.4 Å². The Hall–Kier alpha value is -2.65. The number of piperazine rings is 2. The fourth-order valence-corrected chi connectivity index (χ4v) is 3.88. The highest BCUT2D eigenvalue weighted by atomic mass is 16.3. The van der Waals surface area contributed by atoms with E-state index in [2.05, 4.69) is 15.2 Å². The lowest BCUT2D eigenvalue weighted by Crippen LogP contribution is -2.55. The molecule has 2 amide bonds. The summed E-state index contributed by atoms with van der Waals surface area (Å²) in [4.78, 5) is 35.5. The maximum absolute atomic E-state index is 12.9. The second kappa shape index (κ2) is 8.15. The van der Waals surface area contributed by atoms with Crippen molar-refractivity contribution in [3.8, 4) is 0 Å². The van der Waals surface area contributed by atoms with Gasteiger partial charge in [0, 0.05) is 65.3 Å². The Balaban J connectivity index is 1.34. The van der Waals surface area contributed by atoms with Gasteiger partial charge in [-0.1, -0.05) is 0 Å². The molecular weight excluding hydrogens is 360 g/mol. The van der Waals surface area contributed by atoms with Gasteiger partial charge in [0.2, 0.25) is 5.91 Å². The van der Waals surface area contributed by atoms with Crippen LogP contribution in [-0.4, -0.2) is 88.4 Å². The SMILES string of the molecule is Cn1ccnc1C1CNCCN1CC(=O)N1CCN(C(=O)c2ccco2)CC1. The summed E-state index contributed by atoms with van der Waals surface area (Å²) in [5.41, 5.74) is 0. The monoisotopic (exact) mass is 386 g/mol. The number of aryl methyl sites for hydroxylation is 1. The predicted molar refractivity (Wildman–Crippen MR) is 102 cm³/mol. The molecule has 2 aromatic rings. The highest BCUT2D eigenvalue weighted by molar-refractivity contribution is 5.91. The van der Waals surface area contributed by atoms with Crippen LogP contribution in [0.25, 0.3) is 0 Å². The number of rotatable bonds is 4. The lowest BCUT2D eigenvalue weighted by molar-refractivity contribution is -0.134. The zero-order valence-electron chi connectivity index (χ0n) is 16.1. The van der Waals surface area contributed by atoms with Gasteiger partial charge in [0.1, 0.15) is 5.82 Å². The molecular formula is C19H26N6O3. The molecule has 0 aromatic carbocycles. The zero-order valence-corrected chi connectivity index (χ0v) is 16.1. The van der Waals surface area contributed by atoms with E-state index in [1.165, 1.54) is 6.26 Å². The van der Waals surface area contributed by atoms with E-state index in [4.69, 9.17) is 4.42 Å². The molecule has 2 aliphatic heterocycles. The standard InChI is InChI=1S/C19H26N6O3/c1-22-6-5-21-18(22)15-13-20-4-7-25(15)14-17(26)23-8-10-24(11-9-23)19(27)16-3-2-12-28-16/h2-3,5-6,12,15,20H,4,7-11,13-14H2,1H3. The molecule has 2 saturated heterocycles. The molecule has 2 fully saturated rings. The fraction of sp³-hybridized carbons (Fsp3) is 0.526. The molecule has 0 bridgehead atoms. The Labute approximate surface area is 163 Å². The van der Waals surface area contributed by atoms with Crippen LogP contribution in [0.3, 0.4) is 0 Å². The Bertz CT molecular complexity index is 810. The molecule has 9 nitrogen and oxygen atoms in total. The fourth-order valence-electron chi connectivity index (χ4n) is 3.88. The summed E-state index contributed by atoms with van der Waals surface area (Å²) in [6.45, 7) is 4.95. The Morgan fingerprint density at radius 1 is 1.21 bits per heavy atom. The number of imidazole rings is 1. The van der Waals surface area contributed by atoms with Crippen LogP contribution in [0.1, 0.15) is 22.4 Å². The van der Waals surface area contributed by atoms with Crippen LogP contribution in [0.4, 0.5) is 0 Å². The normalized spacial score (nSPS) is 21.1. The summed E-state index contributed by atoms with van der Waals surface area (Å²) in [5, 5.41) is 3.39. The molecule has 28 heavy (non-hydrogen) atoms. The van der Waals surface area contributed by atoms with E-state index >= 15 is 0 Å². The minimum atomic E-state index is -0.117. The van der Waals surface area contributed by atoms with Crippen LogP contribution in [-0.2, 0) is 11.8 Å². The predicted octanol–water partition coefficient (Wildman–Crippen LogP) is -0.0560. The van der Waals surface area contributed by atoms with Crippen LogP contribution in [0.2, 0.25) is 0 Å². The van der Waals surface area contributed by atoms with E-state index in [1.54, 1.807) is 23.2 Å². The van der Waals surface area contributed by atoms with Crippen LogP contribution in [0, 0.1) is 0 Å². The second-order valence-electron chi connectivity index (χ2n) is 7.24. The molecule has 4 rings (SSSR count). The molecule has 0 saturated carbocycles. The van der Waals surface area contributed by atoms with Crippen molar-refractivity contribution in [1.82, 2.24) is 29.6 Å². The number of nitrogens with zero attached hydrogens (tertiary/aromatic N) is 5. The number of aromatic nitrogens is 2. The second-order valence-corrected chi connectivity index (χ2v) is 7.24. The minimum absolute atomic E-state index is 0.0829. The zero-order chi connectivity index (χ0) is 19.5. The molecule has 1 N–H and O–H groups in total. The van der Waals surface area contributed by atoms with E-state index in [0.29, 0.717) is 38.5 Å². The molecule has 150 valence electrons. The third-order valence-electron chi connectivity index (χ3n) is 5.50. The topological polar surface area (TPSA) is 86.9 Å². The van der Waals surface area contributed by atoms with Crippen molar-refractivity contribution in [3.63, 3.8) is 0 Å². The first-order valence-electron chi connectivity index (χ1n) is 9.66. The van der Waals surface area contributed by atoms with Gasteiger partial charge in [-0.25, -0.2) is 4.98 Å². The summed E-state index contributed by atoms with van der Waals surface area (Å²) in [6, 6.07) is 3.46. The van der Waals surface area contributed by atoms with Gasteiger partial charge in [0.25, 0.3) is 5.91 Å². The van der Waals surface area contributed by atoms with Gasteiger partial charge in [-0.3, -0.25) is 14.5 Å². The molecule has 0 radical (unpaired) electrons. The summed E-state index contributed by atoms with van der Waals surface area (Å²) in [6.07, 6.45) is 5.22. The van der Waals surface area contributed by atoms with Crippen LogP contribution >= 0.6 is 0 Å². The van der Waals surface area contributed by atoms with Crippen molar-refractivity contribution in [2.24, 2.45) is 7.05 Å². The van der Waals surface area contributed by atoms with Crippen molar-refractivity contribution >= 4 is 11.8 Å². The van der Waals surface area contributed by atoms with Crippen LogP contribution < -0.4 is 5.32 Å². The Morgan fingerprint density at radius 3 is 2.68 bits per heavy atom. The van der Waals surface area contributed by atoms with Crippen molar-refractivity contribution in [3.05, 3.63) is 42.4 Å². The number of carbonyl (C=O) groups excluding carboxylic acids is 2. The van der Waals surface area contributed by atoms with Crippen LogP contribution in [0.15, 0.2) is 35.2 Å². The van der Waals surface area contributed by atoms with Crippen molar-refractivity contribution < 1.29 is 14.0 Å². The van der Waals surface area contributed by atoms with E-state index < -0.39 is 0 Å². The Morgan fingerprint density at radius 2 is 2.00 bits per heavy atom. The van der Waals surface area contributed by atoms with Gasteiger partial charge in [0.05, 0.1) is 18.8 Å². The van der Waals surface area contributed by atoms with Gasteiger partial charge in [-0.05, 0) is 12.1 Å².